The minimum absolute atomic E-state index is 0.0880. The number of nitrogens with one attached hydrogen (secondary N) is 4. The molecule has 2 saturated heterocycles. The molecule has 91 heavy (non-hydrogen) atoms. The molecule has 0 aliphatic carbocycles. The zero-order chi connectivity index (χ0) is 69.8. The normalized spacial score (nSPS) is 19.1. The van der Waals surface area contributed by atoms with Crippen LogP contribution in [0.4, 0.5) is 23.8 Å². The number of hydrogen-bond acceptors (Lipinski definition) is 32. The van der Waals surface area contributed by atoms with Gasteiger partial charge < -0.3 is 73.3 Å². The molecule has 0 bridgehead atoms. The topological polar surface area (TPSA) is 476 Å². The average Bonchev–Trinajstić information content (AvgIpc) is 1.67. The number of nitrogens with zero attached hydrogens (tertiary/aromatic N) is 11. The van der Waals surface area contributed by atoms with E-state index in [0.717, 1.165) is 31.1 Å². The molecule has 6 rings (SSSR count). The molecular weight excluding hydrogens is 1290 g/mol. The van der Waals surface area contributed by atoms with Crippen molar-refractivity contribution in [3.63, 3.8) is 0 Å². The van der Waals surface area contributed by atoms with Crippen LogP contribution in [0.15, 0.2) is 34.9 Å². The molecule has 0 aromatic carbocycles. The van der Waals surface area contributed by atoms with Gasteiger partial charge in [0.2, 0.25) is 36.2 Å². The predicted octanol–water partition coefficient (Wildman–Crippen LogP) is 2.80. The van der Waals surface area contributed by atoms with Gasteiger partial charge in [0.05, 0.1) is 18.7 Å². The number of aromatic amines is 1. The Bertz CT molecular complexity index is 3050. The lowest BCUT2D eigenvalue weighted by molar-refractivity contribution is -0.195. The first-order chi connectivity index (χ1) is 42.0. The maximum Gasteiger partial charge on any atom is 0.354 e. The fourth-order valence-corrected chi connectivity index (χ4v) is 20.0. The van der Waals surface area contributed by atoms with Crippen LogP contribution < -0.4 is 37.5 Å². The van der Waals surface area contributed by atoms with Crippen LogP contribution in [0.3, 0.4) is 0 Å². The first-order valence-corrected chi connectivity index (χ1v) is 46.5. The molecular formula is C51H93N17O17Si6. The van der Waals surface area contributed by atoms with Crippen molar-refractivity contribution in [2.24, 2.45) is 0 Å². The van der Waals surface area contributed by atoms with E-state index in [4.69, 9.17) is 44.6 Å². The smallest absolute Gasteiger partial charge is 0.354 e. The summed E-state index contributed by atoms with van der Waals surface area (Å²) in [6.45, 7) is 38.3. The van der Waals surface area contributed by atoms with E-state index < -0.39 is 147 Å². The lowest BCUT2D eigenvalue weighted by Gasteiger charge is -2.28. The summed E-state index contributed by atoms with van der Waals surface area (Å²) >= 11 is 0. The van der Waals surface area contributed by atoms with E-state index in [-0.39, 0.29) is 11.9 Å². The lowest BCUT2D eigenvalue weighted by Crippen LogP contribution is -2.55. The van der Waals surface area contributed by atoms with Gasteiger partial charge in [-0.05, 0) is 18.5 Å². The van der Waals surface area contributed by atoms with Crippen LogP contribution in [-0.2, 0) is 78.1 Å². The molecule has 508 valence electrons. The molecule has 2 aliphatic rings. The van der Waals surface area contributed by atoms with Crippen LogP contribution in [0.25, 0.3) is 0 Å². The summed E-state index contributed by atoms with van der Waals surface area (Å²) in [6.07, 6.45) is -2.02. The van der Waals surface area contributed by atoms with E-state index in [2.05, 4.69) is 148 Å². The van der Waals surface area contributed by atoms with Crippen LogP contribution in [0.2, 0.25) is 90.7 Å². The second-order valence-electron chi connectivity index (χ2n) is 24.2. The summed E-state index contributed by atoms with van der Waals surface area (Å²) in [5.41, 5.74) is 9.10. The van der Waals surface area contributed by atoms with E-state index in [0.29, 0.717) is 54.1 Å². The van der Waals surface area contributed by atoms with Crippen molar-refractivity contribution >= 4 is 104 Å². The molecule has 2 fully saturated rings. The summed E-state index contributed by atoms with van der Waals surface area (Å²) < 4.78 is 63.8. The lowest BCUT2D eigenvalue weighted by atomic mass is 10.1. The van der Waals surface area contributed by atoms with Gasteiger partial charge in [-0.3, -0.25) is 33.5 Å². The summed E-state index contributed by atoms with van der Waals surface area (Å²) in [6, 6.07) is 2.36. The minimum atomic E-state index is -1.56. The van der Waals surface area contributed by atoms with E-state index in [1.54, 1.807) is 0 Å². The number of aromatic nitrogens is 12. The molecule has 0 saturated carbocycles. The van der Waals surface area contributed by atoms with Gasteiger partial charge in [-0.15, -0.1) is 0 Å². The number of carbonyl (C=O) groups excluding carboxylic acids is 5. The minimum Gasteiger partial charge on any atom is -0.456 e. The summed E-state index contributed by atoms with van der Waals surface area (Å²) in [5, 5.41) is 9.38. The van der Waals surface area contributed by atoms with Gasteiger partial charge in [-0.1, -0.05) is 99.3 Å². The van der Waals surface area contributed by atoms with Crippen LogP contribution in [-0.4, -0.2) is 194 Å². The first-order valence-electron chi connectivity index (χ1n) is 28.9. The second-order valence-corrected chi connectivity index (χ2v) is 47.9. The maximum absolute atomic E-state index is 11.9. The molecule has 2 aliphatic heterocycles. The Morgan fingerprint density at radius 2 is 0.989 bits per heavy atom. The highest BCUT2D eigenvalue weighted by Crippen LogP contribution is 2.33. The van der Waals surface area contributed by atoms with Crippen LogP contribution in [0.1, 0.15) is 79.7 Å². The SMILES string of the molecule is CC(=O)OC1[C@@H](CO)O[C@@H](n2cnc(N)nc2=O)[C@H]1OC(C)=O.CC[C@H]1O[C@@H](OC(C)=O)[C@@H](OC(C)=O)C1OC(C)=O.CC[Si](=O)Cc1ncnc(N[Si](C)(C)C)n1.CC[Si](=O)Cc1ncnc(N[Si](C)(C)C)n1.C[Si](C)(C)N[Si](C)(C)C.Nc1ncnc(=O)[nH]1. The fraction of sp³-hybridized carbons (Fsp3) is 0.667. The third-order valence-corrected chi connectivity index (χ3v) is 21.7. The zero-order valence-corrected chi connectivity index (χ0v) is 61.7. The fourth-order valence-electron chi connectivity index (χ4n) is 7.86. The van der Waals surface area contributed by atoms with Crippen LogP contribution in [0, 0.1) is 0 Å². The molecule has 8 atom stereocenters. The Morgan fingerprint density at radius 1 is 0.571 bits per heavy atom. The number of aliphatic hydroxyl groups excluding tert-OH is 1. The van der Waals surface area contributed by atoms with E-state index >= 15 is 0 Å². The molecule has 2 unspecified atom stereocenters. The number of nitrogen functional groups attached to an aromatic ring is 2. The number of anilines is 4. The largest absolute Gasteiger partial charge is 0.456 e. The van der Waals surface area contributed by atoms with Gasteiger partial charge in [0.15, 0.2) is 24.5 Å². The van der Waals surface area contributed by atoms with Crippen molar-refractivity contribution in [1.29, 1.82) is 0 Å². The van der Waals surface area contributed by atoms with Crippen molar-refractivity contribution in [3.05, 3.63) is 57.9 Å². The molecule has 40 heteroatoms. The van der Waals surface area contributed by atoms with Crippen LogP contribution in [0.5, 0.6) is 0 Å². The highest BCUT2D eigenvalue weighted by atomic mass is 28.4. The zero-order valence-electron chi connectivity index (χ0n) is 55.7. The molecule has 6 heterocycles. The first kappa shape index (κ1) is 81.9. The van der Waals surface area contributed by atoms with Gasteiger partial charge in [-0.25, -0.2) is 39.5 Å². The van der Waals surface area contributed by atoms with Crippen molar-refractivity contribution in [3.8, 4) is 0 Å². The van der Waals surface area contributed by atoms with E-state index in [1.165, 1.54) is 33.4 Å². The number of hydrogen-bond donors (Lipinski definition) is 7. The van der Waals surface area contributed by atoms with E-state index in [1.807, 2.05) is 20.8 Å². The Labute approximate surface area is 536 Å². The Kier molecular flexibility index (Phi) is 34.9. The molecule has 4 aromatic rings. The number of aliphatic hydroxyl groups is 1. The van der Waals surface area contributed by atoms with E-state index in [9.17, 15) is 47.6 Å². The Hall–Kier alpha value is -7.07. The molecule has 4 aromatic heterocycles. The van der Waals surface area contributed by atoms with Gasteiger partial charge >= 0.3 is 41.2 Å². The maximum atomic E-state index is 11.9. The molecule has 0 spiro atoms. The molecule has 34 nitrogen and oxygen atoms in total. The summed E-state index contributed by atoms with van der Waals surface area (Å²) in [5.74, 6) is -0.672. The monoisotopic (exact) mass is 1380 g/mol. The number of esters is 5. The third-order valence-electron chi connectivity index (χ3n) is 10.7. The van der Waals surface area contributed by atoms with Gasteiger partial charge in [0, 0.05) is 34.6 Å². The number of nitrogens with two attached hydrogens (primary N) is 2. The number of H-pyrrole nitrogens is 1. The summed E-state index contributed by atoms with van der Waals surface area (Å²) in [7, 11) is -7.97. The molecule has 9 N–H and O–H groups in total. The highest BCUT2D eigenvalue weighted by molar-refractivity contribution is 6.90. The van der Waals surface area contributed by atoms with Crippen LogP contribution >= 0.6 is 0 Å². The summed E-state index contributed by atoms with van der Waals surface area (Å²) in [4.78, 5) is 125. The van der Waals surface area contributed by atoms with Crippen molar-refractivity contribution in [2.45, 2.75) is 214 Å². The Balaban J connectivity index is 0.000000563. The highest BCUT2D eigenvalue weighted by Gasteiger charge is 2.51. The third kappa shape index (κ3) is 35.4. The molecule has 0 radical (unpaired) electrons. The standard InChI is InChI=1S/C12H16N4O7.C12H18O7.2C9H18N4OSi2.C6H19NSi2.C3H4N4O/c1-5(18)21-8-7(3-17)23-10(9(8)22-6(2)19)16-4-14-11(13)15-12(16)20;1-5-9-10(16-6(2)13)11(17-7(3)14)12(19-9)18-8(4)15;2*1-5-15(14)6-8-10-7-11-9(12-8)13-16(2,3)4;1-8(2,3)7-9(4,5)6;4-2-5-1-6-3(8)7-2/h4,7-10,17H,3H2,1-2H3,(H2,13,15,20);9-12H,5H2,1-4H3;2*7H,5-6H2,1-4H3,(H,10,11,12,13);7H,1-6H3;1H,(H3,4,5,6,7,8)/t7-,8?,9+,10-;9-,10?,11+,12-;;;;/m11..../s1. The average molecular weight is 1380 g/mol. The number of ether oxygens (including phenoxy) is 7. The number of carbonyl (C=O) groups is 5. The van der Waals surface area contributed by atoms with Crippen molar-refractivity contribution in [1.82, 2.24) is 64.0 Å². The molecule has 0 amide bonds. The van der Waals surface area contributed by atoms with Crippen molar-refractivity contribution < 1.29 is 71.2 Å². The quantitative estimate of drug-likeness (QED) is 0.0380. The van der Waals surface area contributed by atoms with Gasteiger partial charge in [0.25, 0.3) is 17.4 Å². The van der Waals surface area contributed by atoms with Crippen molar-refractivity contribution in [2.75, 3.05) is 28.0 Å². The number of rotatable bonds is 20. The second kappa shape index (κ2) is 38.7. The van der Waals surface area contributed by atoms with Gasteiger partial charge in [-0.2, -0.15) is 19.9 Å². The Morgan fingerprint density at radius 3 is 1.33 bits per heavy atom. The van der Waals surface area contributed by atoms with Gasteiger partial charge in [0.1, 0.15) is 82.1 Å². The predicted molar refractivity (Wildman–Crippen MR) is 346 cm³/mol.